The van der Waals surface area contributed by atoms with Gasteiger partial charge in [-0.05, 0) is 38.1 Å². The van der Waals surface area contributed by atoms with E-state index in [1.165, 1.54) is 12.8 Å². The molecular formula is C16H21N3O2. The lowest BCUT2D eigenvalue weighted by atomic mass is 10.2. The third-order valence-electron chi connectivity index (χ3n) is 3.99. The Kier molecular flexibility index (Phi) is 3.84. The van der Waals surface area contributed by atoms with Crippen molar-refractivity contribution in [2.24, 2.45) is 0 Å². The summed E-state index contributed by atoms with van der Waals surface area (Å²) in [6.45, 7) is 1.56. The van der Waals surface area contributed by atoms with Crippen LogP contribution in [0, 0.1) is 0 Å². The highest BCUT2D eigenvalue weighted by Crippen LogP contribution is 2.24. The van der Waals surface area contributed by atoms with E-state index in [-0.39, 0.29) is 5.91 Å². The molecule has 112 valence electrons. The van der Waals surface area contributed by atoms with Gasteiger partial charge >= 0.3 is 0 Å². The summed E-state index contributed by atoms with van der Waals surface area (Å²) in [5, 5.41) is 3.97. The van der Waals surface area contributed by atoms with Crippen LogP contribution in [-0.2, 0) is 0 Å². The van der Waals surface area contributed by atoms with Crippen molar-refractivity contribution in [1.29, 1.82) is 0 Å². The number of hydrogen-bond acceptors (Lipinski definition) is 3. The highest BCUT2D eigenvalue weighted by Gasteiger charge is 2.25. The van der Waals surface area contributed by atoms with Crippen molar-refractivity contribution in [1.82, 2.24) is 15.2 Å². The maximum atomic E-state index is 12.1. The van der Waals surface area contributed by atoms with Crippen LogP contribution in [0.25, 0.3) is 10.9 Å². The van der Waals surface area contributed by atoms with E-state index >= 15 is 0 Å². The molecule has 1 aromatic heterocycles. The summed E-state index contributed by atoms with van der Waals surface area (Å²) in [5.41, 5.74) is 1.50. The zero-order chi connectivity index (χ0) is 14.8. The Balaban J connectivity index is 1.61. The third kappa shape index (κ3) is 3.19. The number of aromatic nitrogens is 1. The second kappa shape index (κ2) is 5.77. The number of benzene rings is 1. The van der Waals surface area contributed by atoms with Gasteiger partial charge in [0.25, 0.3) is 5.91 Å². The number of ether oxygens (including phenoxy) is 1. The van der Waals surface area contributed by atoms with Crippen LogP contribution in [0.2, 0.25) is 0 Å². The smallest absolute Gasteiger partial charge is 0.267 e. The molecule has 5 heteroatoms. The van der Waals surface area contributed by atoms with Crippen molar-refractivity contribution in [2.75, 3.05) is 27.2 Å². The first-order chi connectivity index (χ1) is 10.2. The van der Waals surface area contributed by atoms with Crippen LogP contribution in [0.15, 0.2) is 24.3 Å². The molecule has 21 heavy (non-hydrogen) atoms. The van der Waals surface area contributed by atoms with Crippen LogP contribution >= 0.6 is 0 Å². The number of H-pyrrole nitrogens is 1. The molecule has 2 N–H and O–H groups in total. The fourth-order valence-corrected chi connectivity index (χ4v) is 2.49. The van der Waals surface area contributed by atoms with Crippen LogP contribution < -0.4 is 10.1 Å². The lowest BCUT2D eigenvalue weighted by Crippen LogP contribution is -2.34. The number of likely N-dealkylation sites (N-methyl/N-ethyl adjacent to an activating group) is 1. The first kappa shape index (κ1) is 13.9. The molecule has 1 heterocycles. The molecule has 3 rings (SSSR count). The lowest BCUT2D eigenvalue weighted by molar-refractivity contribution is 0.0945. The Morgan fingerprint density at radius 3 is 2.95 bits per heavy atom. The third-order valence-corrected chi connectivity index (χ3v) is 3.99. The number of fused-ring (bicyclic) bond motifs is 1. The van der Waals surface area contributed by atoms with Crippen LogP contribution in [0.4, 0.5) is 0 Å². The van der Waals surface area contributed by atoms with Crippen molar-refractivity contribution in [3.8, 4) is 5.75 Å². The number of rotatable bonds is 6. The van der Waals surface area contributed by atoms with Crippen LogP contribution in [0.5, 0.6) is 5.75 Å². The highest BCUT2D eigenvalue weighted by molar-refractivity contribution is 5.98. The number of methoxy groups -OCH3 is 1. The van der Waals surface area contributed by atoms with Gasteiger partial charge in [-0.3, -0.25) is 4.79 Å². The summed E-state index contributed by atoms with van der Waals surface area (Å²) in [6, 6.07) is 8.33. The molecule has 0 unspecified atom stereocenters. The summed E-state index contributed by atoms with van der Waals surface area (Å²) in [7, 11) is 3.74. The lowest BCUT2D eigenvalue weighted by Gasteiger charge is -2.15. The van der Waals surface area contributed by atoms with E-state index in [2.05, 4.69) is 22.2 Å². The van der Waals surface area contributed by atoms with Crippen molar-refractivity contribution in [3.63, 3.8) is 0 Å². The maximum absolute atomic E-state index is 12.1. The van der Waals surface area contributed by atoms with Gasteiger partial charge in [-0.2, -0.15) is 0 Å². The Bertz CT molecular complexity index is 646. The minimum Gasteiger partial charge on any atom is -0.497 e. The Morgan fingerprint density at radius 2 is 2.24 bits per heavy atom. The van der Waals surface area contributed by atoms with Crippen LogP contribution in [0.3, 0.4) is 0 Å². The largest absolute Gasteiger partial charge is 0.497 e. The molecule has 0 atom stereocenters. The Morgan fingerprint density at radius 1 is 1.43 bits per heavy atom. The van der Waals surface area contributed by atoms with E-state index in [9.17, 15) is 4.79 Å². The van der Waals surface area contributed by atoms with Crippen molar-refractivity contribution in [3.05, 3.63) is 30.0 Å². The molecule has 0 aliphatic heterocycles. The standard InChI is InChI=1S/C16H21N3O2/c1-19(12-4-5-12)8-7-17-16(20)15-9-11-3-6-13(21-2)10-14(11)18-15/h3,6,9-10,12,18H,4-5,7-8H2,1-2H3,(H,17,20). The number of nitrogens with zero attached hydrogens (tertiary/aromatic N) is 1. The van der Waals surface area contributed by atoms with Crippen molar-refractivity contribution < 1.29 is 9.53 Å². The van der Waals surface area contributed by atoms with E-state index < -0.39 is 0 Å². The molecule has 5 nitrogen and oxygen atoms in total. The normalized spacial score (nSPS) is 14.6. The minimum absolute atomic E-state index is 0.0608. The molecule has 0 saturated heterocycles. The minimum atomic E-state index is -0.0608. The molecule has 0 spiro atoms. The van der Waals surface area contributed by atoms with E-state index in [4.69, 9.17) is 4.74 Å². The first-order valence-electron chi connectivity index (χ1n) is 7.32. The molecule has 1 aliphatic carbocycles. The molecule has 1 fully saturated rings. The van der Waals surface area contributed by atoms with Crippen molar-refractivity contribution >= 4 is 16.8 Å². The summed E-state index contributed by atoms with van der Waals surface area (Å²) < 4.78 is 5.19. The number of nitrogens with one attached hydrogen (secondary N) is 2. The number of carbonyl (C=O) groups is 1. The second-order valence-corrected chi connectivity index (χ2v) is 5.60. The first-order valence-corrected chi connectivity index (χ1v) is 7.32. The Hall–Kier alpha value is -2.01. The van der Waals surface area contributed by atoms with Crippen LogP contribution in [-0.4, -0.2) is 49.1 Å². The fourth-order valence-electron chi connectivity index (χ4n) is 2.49. The number of amides is 1. The zero-order valence-electron chi connectivity index (χ0n) is 12.5. The van der Waals surface area contributed by atoms with Crippen LogP contribution in [0.1, 0.15) is 23.3 Å². The number of aromatic amines is 1. The topological polar surface area (TPSA) is 57.4 Å². The summed E-state index contributed by atoms with van der Waals surface area (Å²) in [6.07, 6.45) is 2.57. The van der Waals surface area contributed by atoms with Gasteiger partial charge in [-0.1, -0.05) is 0 Å². The molecule has 0 radical (unpaired) electrons. The highest BCUT2D eigenvalue weighted by atomic mass is 16.5. The van der Waals surface area contributed by atoms with E-state index in [0.717, 1.165) is 29.2 Å². The number of carbonyl (C=O) groups excluding carboxylic acids is 1. The monoisotopic (exact) mass is 287 g/mol. The van der Waals surface area contributed by atoms with E-state index in [1.807, 2.05) is 24.3 Å². The molecule has 1 aliphatic rings. The van der Waals surface area contributed by atoms with Gasteiger partial charge in [0.05, 0.1) is 7.11 Å². The number of hydrogen-bond donors (Lipinski definition) is 2. The fraction of sp³-hybridized carbons (Fsp3) is 0.438. The van der Waals surface area contributed by atoms with E-state index in [0.29, 0.717) is 12.2 Å². The van der Waals surface area contributed by atoms with Gasteiger partial charge in [0.1, 0.15) is 11.4 Å². The molecule has 0 bridgehead atoms. The van der Waals surface area contributed by atoms with Gasteiger partial charge < -0.3 is 19.9 Å². The SMILES string of the molecule is COc1ccc2cc(C(=O)NCCN(C)C3CC3)[nH]c2c1. The van der Waals surface area contributed by atoms with Gasteiger partial charge in [0.15, 0.2) is 0 Å². The maximum Gasteiger partial charge on any atom is 0.267 e. The average molecular weight is 287 g/mol. The molecular weight excluding hydrogens is 266 g/mol. The Labute approximate surface area is 124 Å². The molecule has 2 aromatic rings. The second-order valence-electron chi connectivity index (χ2n) is 5.60. The molecule has 1 saturated carbocycles. The van der Waals surface area contributed by atoms with Gasteiger partial charge in [-0.25, -0.2) is 0 Å². The van der Waals surface area contributed by atoms with Crippen molar-refractivity contribution in [2.45, 2.75) is 18.9 Å². The van der Waals surface area contributed by atoms with E-state index in [1.54, 1.807) is 7.11 Å². The van der Waals surface area contributed by atoms with Gasteiger partial charge in [-0.15, -0.1) is 0 Å². The molecule has 1 amide bonds. The quantitative estimate of drug-likeness (QED) is 0.854. The summed E-state index contributed by atoms with van der Waals surface area (Å²) in [4.78, 5) is 17.6. The summed E-state index contributed by atoms with van der Waals surface area (Å²) >= 11 is 0. The zero-order valence-corrected chi connectivity index (χ0v) is 12.5. The molecule has 1 aromatic carbocycles. The predicted octanol–water partition coefficient (Wildman–Crippen LogP) is 2.00. The van der Waals surface area contributed by atoms with Gasteiger partial charge in [0, 0.05) is 36.1 Å². The predicted molar refractivity (Wildman–Crippen MR) is 82.8 cm³/mol. The summed E-state index contributed by atoms with van der Waals surface area (Å²) in [5.74, 6) is 0.719. The van der Waals surface area contributed by atoms with Gasteiger partial charge in [0.2, 0.25) is 0 Å². The average Bonchev–Trinajstić information content (AvgIpc) is 3.25.